The molecule has 5 nitrogen and oxygen atoms in total. The maximum Gasteiger partial charge on any atom is 0.271 e. The number of aromatic amines is 1. The van der Waals surface area contributed by atoms with Crippen LogP contribution in [0.4, 0.5) is 4.39 Å². The molecule has 0 fully saturated rings. The molecule has 3 rings (SSSR count). The smallest absolute Gasteiger partial charge is 0.271 e. The topological polar surface area (TPSA) is 70.9 Å². The van der Waals surface area contributed by atoms with Crippen LogP contribution in [0.25, 0.3) is 11.5 Å². The molecular formula is C17H16FN3O2. The highest BCUT2D eigenvalue weighted by Crippen LogP contribution is 2.20. The Morgan fingerprint density at radius 1 is 1.30 bits per heavy atom. The van der Waals surface area contributed by atoms with Gasteiger partial charge in [-0.1, -0.05) is 18.2 Å². The van der Waals surface area contributed by atoms with Crippen LogP contribution < -0.4 is 5.32 Å². The van der Waals surface area contributed by atoms with Crippen molar-refractivity contribution in [3.05, 3.63) is 65.3 Å². The lowest BCUT2D eigenvalue weighted by atomic mass is 10.1. The number of aryl methyl sites for hydroxylation is 1. The number of nitrogens with zero attached hydrogens (tertiary/aromatic N) is 1. The Balaban J connectivity index is 1.59. The number of benzene rings is 1. The van der Waals surface area contributed by atoms with Gasteiger partial charge in [0.05, 0.1) is 0 Å². The monoisotopic (exact) mass is 313 g/mol. The Labute approximate surface area is 132 Å². The third kappa shape index (κ3) is 3.48. The molecule has 23 heavy (non-hydrogen) atoms. The van der Waals surface area contributed by atoms with Crippen LogP contribution in [-0.2, 0) is 6.42 Å². The lowest BCUT2D eigenvalue weighted by Gasteiger charge is -2.04. The van der Waals surface area contributed by atoms with Gasteiger partial charge in [-0.15, -0.1) is 0 Å². The number of rotatable bonds is 5. The molecule has 0 atom stereocenters. The molecule has 0 saturated heterocycles. The number of hydrogen-bond acceptors (Lipinski definition) is 3. The Hall–Kier alpha value is -2.89. The number of hydrogen-bond donors (Lipinski definition) is 2. The lowest BCUT2D eigenvalue weighted by molar-refractivity contribution is 0.0949. The quantitative estimate of drug-likeness (QED) is 0.760. The standard InChI is InChI=1S/C17H16FN3O2/c1-11-6-7-16(23-11)14-10-15(21-20-14)17(22)19-9-8-12-4-2-3-5-13(12)18/h2-7,10H,8-9H2,1H3,(H,19,22)(H,20,21). The largest absolute Gasteiger partial charge is 0.460 e. The van der Waals surface area contributed by atoms with Gasteiger partial charge in [0, 0.05) is 12.6 Å². The highest BCUT2D eigenvalue weighted by atomic mass is 19.1. The van der Waals surface area contributed by atoms with E-state index in [1.807, 2.05) is 19.1 Å². The van der Waals surface area contributed by atoms with Crippen molar-refractivity contribution in [1.29, 1.82) is 0 Å². The normalized spacial score (nSPS) is 10.7. The zero-order chi connectivity index (χ0) is 16.2. The fourth-order valence-corrected chi connectivity index (χ4v) is 2.25. The highest BCUT2D eigenvalue weighted by molar-refractivity contribution is 5.93. The molecule has 0 aliphatic carbocycles. The van der Waals surface area contributed by atoms with E-state index in [1.54, 1.807) is 24.3 Å². The number of carbonyl (C=O) groups excluding carboxylic acids is 1. The summed E-state index contributed by atoms with van der Waals surface area (Å²) in [6, 6.07) is 11.8. The molecule has 0 aliphatic rings. The van der Waals surface area contributed by atoms with E-state index in [1.165, 1.54) is 6.07 Å². The molecule has 0 unspecified atom stereocenters. The van der Waals surface area contributed by atoms with Crippen molar-refractivity contribution in [2.45, 2.75) is 13.3 Å². The fraction of sp³-hybridized carbons (Fsp3) is 0.176. The second-order valence-corrected chi connectivity index (χ2v) is 5.17. The minimum Gasteiger partial charge on any atom is -0.460 e. The number of aromatic nitrogens is 2. The van der Waals surface area contributed by atoms with Gasteiger partial charge < -0.3 is 9.73 Å². The average Bonchev–Trinajstić information content (AvgIpc) is 3.18. The summed E-state index contributed by atoms with van der Waals surface area (Å²) in [5.74, 6) is 0.829. The second kappa shape index (κ2) is 6.48. The van der Waals surface area contributed by atoms with Crippen LogP contribution in [0.1, 0.15) is 21.8 Å². The van der Waals surface area contributed by atoms with E-state index >= 15 is 0 Å². The second-order valence-electron chi connectivity index (χ2n) is 5.17. The van der Waals surface area contributed by atoms with Crippen molar-refractivity contribution in [3.8, 4) is 11.5 Å². The van der Waals surface area contributed by atoms with Crippen LogP contribution in [0.5, 0.6) is 0 Å². The Morgan fingerprint density at radius 2 is 2.13 bits per heavy atom. The van der Waals surface area contributed by atoms with E-state index in [-0.39, 0.29) is 17.4 Å². The van der Waals surface area contributed by atoms with Crippen molar-refractivity contribution in [3.63, 3.8) is 0 Å². The molecular weight excluding hydrogens is 297 g/mol. The maximum absolute atomic E-state index is 13.5. The molecule has 2 N–H and O–H groups in total. The summed E-state index contributed by atoms with van der Waals surface area (Å²) < 4.78 is 19.0. The Morgan fingerprint density at radius 3 is 2.87 bits per heavy atom. The van der Waals surface area contributed by atoms with Crippen molar-refractivity contribution < 1.29 is 13.6 Å². The van der Waals surface area contributed by atoms with E-state index < -0.39 is 0 Å². The van der Waals surface area contributed by atoms with Crippen LogP contribution in [0.15, 0.2) is 46.9 Å². The molecule has 0 bridgehead atoms. The van der Waals surface area contributed by atoms with Crippen LogP contribution in [-0.4, -0.2) is 22.6 Å². The summed E-state index contributed by atoms with van der Waals surface area (Å²) in [7, 11) is 0. The van der Waals surface area contributed by atoms with E-state index in [0.717, 1.165) is 5.76 Å². The van der Waals surface area contributed by atoms with Crippen molar-refractivity contribution in [2.24, 2.45) is 0 Å². The molecule has 0 saturated carbocycles. The summed E-state index contributed by atoms with van der Waals surface area (Å²) in [5, 5.41) is 9.47. The molecule has 0 aliphatic heterocycles. The van der Waals surface area contributed by atoms with Crippen molar-refractivity contribution >= 4 is 5.91 Å². The number of carbonyl (C=O) groups is 1. The van der Waals surface area contributed by atoms with E-state index in [9.17, 15) is 9.18 Å². The molecule has 1 aromatic carbocycles. The van der Waals surface area contributed by atoms with Crippen LogP contribution in [0, 0.1) is 12.7 Å². The molecule has 118 valence electrons. The summed E-state index contributed by atoms with van der Waals surface area (Å²) in [6.07, 6.45) is 0.424. The summed E-state index contributed by atoms with van der Waals surface area (Å²) >= 11 is 0. The number of nitrogens with one attached hydrogen (secondary N) is 2. The average molecular weight is 313 g/mol. The minimum absolute atomic E-state index is 0.266. The van der Waals surface area contributed by atoms with E-state index in [4.69, 9.17) is 4.42 Å². The van der Waals surface area contributed by atoms with Gasteiger partial charge in [-0.3, -0.25) is 9.89 Å². The first-order valence-electron chi connectivity index (χ1n) is 7.27. The Kier molecular flexibility index (Phi) is 4.23. The first-order chi connectivity index (χ1) is 11.1. The van der Waals surface area contributed by atoms with Gasteiger partial charge in [-0.05, 0) is 37.1 Å². The van der Waals surface area contributed by atoms with Crippen LogP contribution in [0.3, 0.4) is 0 Å². The van der Waals surface area contributed by atoms with Gasteiger partial charge in [0.2, 0.25) is 0 Å². The third-order valence-corrected chi connectivity index (χ3v) is 3.45. The fourth-order valence-electron chi connectivity index (χ4n) is 2.25. The predicted molar refractivity (Wildman–Crippen MR) is 83.5 cm³/mol. The molecule has 3 aromatic rings. The van der Waals surface area contributed by atoms with Gasteiger partial charge >= 0.3 is 0 Å². The first kappa shape index (κ1) is 15.0. The summed E-state index contributed by atoms with van der Waals surface area (Å²) in [5.41, 5.74) is 1.47. The molecule has 6 heteroatoms. The van der Waals surface area contributed by atoms with Gasteiger partial charge in [0.25, 0.3) is 5.91 Å². The Bertz CT molecular complexity index is 823. The van der Waals surface area contributed by atoms with E-state index in [2.05, 4.69) is 15.5 Å². The maximum atomic E-state index is 13.5. The van der Waals surface area contributed by atoms with Gasteiger partial charge in [-0.25, -0.2) is 4.39 Å². The minimum atomic E-state index is -0.313. The molecule has 2 aromatic heterocycles. The van der Waals surface area contributed by atoms with Crippen molar-refractivity contribution in [2.75, 3.05) is 6.54 Å². The molecule has 0 radical (unpaired) electrons. The number of halogens is 1. The third-order valence-electron chi connectivity index (χ3n) is 3.45. The molecule has 2 heterocycles. The summed E-state index contributed by atoms with van der Waals surface area (Å²) in [4.78, 5) is 12.1. The number of H-pyrrole nitrogens is 1. The highest BCUT2D eigenvalue weighted by Gasteiger charge is 2.13. The molecule has 0 spiro atoms. The molecule has 1 amide bonds. The zero-order valence-corrected chi connectivity index (χ0v) is 12.6. The van der Waals surface area contributed by atoms with Gasteiger partial charge in [0.15, 0.2) is 11.5 Å². The lowest BCUT2D eigenvalue weighted by Crippen LogP contribution is -2.26. The van der Waals surface area contributed by atoms with Crippen molar-refractivity contribution in [1.82, 2.24) is 15.5 Å². The van der Waals surface area contributed by atoms with Crippen LogP contribution in [0.2, 0.25) is 0 Å². The number of amides is 1. The summed E-state index contributed by atoms with van der Waals surface area (Å²) in [6.45, 7) is 2.18. The number of furan rings is 1. The van der Waals surface area contributed by atoms with Gasteiger partial charge in [0.1, 0.15) is 17.3 Å². The van der Waals surface area contributed by atoms with E-state index in [0.29, 0.717) is 30.0 Å². The predicted octanol–water partition coefficient (Wildman–Crippen LogP) is 3.09. The van der Waals surface area contributed by atoms with Gasteiger partial charge in [-0.2, -0.15) is 5.10 Å². The van der Waals surface area contributed by atoms with Crippen LogP contribution >= 0.6 is 0 Å². The SMILES string of the molecule is Cc1ccc(-c2cc(C(=O)NCCc3ccccc3F)n[nH]2)o1. The zero-order valence-electron chi connectivity index (χ0n) is 12.6. The first-order valence-corrected chi connectivity index (χ1v) is 7.27.